The molecule has 4 rings (SSSR count). The van der Waals surface area contributed by atoms with Crippen LogP contribution in [0.25, 0.3) is 0 Å². The van der Waals surface area contributed by atoms with Crippen LogP contribution in [0.5, 0.6) is 0 Å². The van der Waals surface area contributed by atoms with Gasteiger partial charge in [-0.25, -0.2) is 12.8 Å². The number of hydrogen-bond donors (Lipinski definition) is 1. The molecule has 2 aromatic rings. The number of aromatic nitrogens is 1. The summed E-state index contributed by atoms with van der Waals surface area (Å²) in [5.41, 5.74) is 1.28. The zero-order valence-corrected chi connectivity index (χ0v) is 17.5. The molecule has 0 radical (unpaired) electrons. The summed E-state index contributed by atoms with van der Waals surface area (Å²) in [5, 5.41) is 0. The van der Waals surface area contributed by atoms with Gasteiger partial charge in [-0.15, -0.1) is 0 Å². The molecular formula is C21H24FN3O4S. The number of nitrogens with zero attached hydrogens (tertiary/aromatic N) is 2. The highest BCUT2D eigenvalue weighted by Crippen LogP contribution is 2.39. The second-order valence-electron chi connectivity index (χ2n) is 8.02. The van der Waals surface area contributed by atoms with Crippen LogP contribution in [0.2, 0.25) is 0 Å². The Morgan fingerprint density at radius 2 is 1.87 bits per heavy atom. The van der Waals surface area contributed by atoms with Crippen LogP contribution in [0.1, 0.15) is 41.7 Å². The maximum Gasteiger partial charge on any atom is 0.253 e. The number of fused-ring (bicyclic) bond motifs is 4. The summed E-state index contributed by atoms with van der Waals surface area (Å²) in [6.07, 6.45) is 1.26. The van der Waals surface area contributed by atoms with E-state index in [2.05, 4.69) is 4.72 Å². The van der Waals surface area contributed by atoms with Crippen molar-refractivity contribution in [3.8, 4) is 0 Å². The number of carbonyl (C=O) groups excluding carboxylic acids is 1. The van der Waals surface area contributed by atoms with Crippen molar-refractivity contribution in [1.82, 2.24) is 9.47 Å². The summed E-state index contributed by atoms with van der Waals surface area (Å²) in [5.74, 6) is -0.659. The van der Waals surface area contributed by atoms with E-state index in [4.69, 9.17) is 0 Å². The van der Waals surface area contributed by atoms with E-state index in [1.54, 1.807) is 16.4 Å². The van der Waals surface area contributed by atoms with Gasteiger partial charge in [0.05, 0.1) is 17.1 Å². The number of halogens is 1. The summed E-state index contributed by atoms with van der Waals surface area (Å²) in [6.45, 7) is 3.10. The van der Waals surface area contributed by atoms with Gasteiger partial charge in [-0.05, 0) is 49.1 Å². The van der Waals surface area contributed by atoms with Gasteiger partial charge in [0.2, 0.25) is 10.0 Å². The number of likely N-dealkylation sites (tertiary alicyclic amines) is 1. The molecule has 2 bridgehead atoms. The molecular weight excluding hydrogens is 409 g/mol. The van der Waals surface area contributed by atoms with Gasteiger partial charge in [-0.1, -0.05) is 6.92 Å². The van der Waals surface area contributed by atoms with Gasteiger partial charge in [0, 0.05) is 37.2 Å². The van der Waals surface area contributed by atoms with Crippen LogP contribution in [0, 0.1) is 11.7 Å². The van der Waals surface area contributed by atoms with Crippen molar-refractivity contribution in [2.45, 2.75) is 32.2 Å². The lowest BCUT2D eigenvalue weighted by molar-refractivity contribution is 0.0595. The van der Waals surface area contributed by atoms with Crippen molar-refractivity contribution in [3.05, 3.63) is 63.8 Å². The number of carbonyl (C=O) groups is 1. The fourth-order valence-corrected chi connectivity index (χ4v) is 5.68. The van der Waals surface area contributed by atoms with Crippen molar-refractivity contribution >= 4 is 21.6 Å². The molecule has 2 atom stereocenters. The Kier molecular flexibility index (Phi) is 5.40. The van der Waals surface area contributed by atoms with Crippen LogP contribution in [0.3, 0.4) is 0 Å². The normalized spacial score (nSPS) is 20.5. The van der Waals surface area contributed by atoms with Crippen molar-refractivity contribution in [2.75, 3.05) is 23.6 Å². The third-order valence-corrected chi connectivity index (χ3v) is 7.18. The largest absolute Gasteiger partial charge is 0.338 e. The van der Waals surface area contributed by atoms with Crippen LogP contribution >= 0.6 is 0 Å². The summed E-state index contributed by atoms with van der Waals surface area (Å²) < 4.78 is 42.1. The molecule has 0 saturated carbocycles. The van der Waals surface area contributed by atoms with Crippen LogP contribution in [-0.2, 0) is 16.6 Å². The monoisotopic (exact) mass is 433 g/mol. The summed E-state index contributed by atoms with van der Waals surface area (Å²) in [6, 6.07) is 8.34. The molecule has 1 aromatic heterocycles. The molecule has 1 amide bonds. The summed E-state index contributed by atoms with van der Waals surface area (Å²) in [4.78, 5) is 27.1. The topological polar surface area (TPSA) is 88.5 Å². The highest BCUT2D eigenvalue weighted by molar-refractivity contribution is 7.92. The molecule has 2 unspecified atom stereocenters. The second kappa shape index (κ2) is 7.86. The third kappa shape index (κ3) is 3.98. The molecule has 3 heterocycles. The zero-order chi connectivity index (χ0) is 21.5. The molecule has 9 heteroatoms. The Morgan fingerprint density at radius 3 is 2.57 bits per heavy atom. The predicted octanol–water partition coefficient (Wildman–Crippen LogP) is 2.40. The number of amides is 1. The Bertz CT molecular complexity index is 1130. The van der Waals surface area contributed by atoms with Gasteiger partial charge < -0.3 is 9.47 Å². The third-order valence-electron chi connectivity index (χ3n) is 5.71. The Labute approximate surface area is 174 Å². The average molecular weight is 434 g/mol. The first-order valence-electron chi connectivity index (χ1n) is 10.1. The molecule has 160 valence electrons. The van der Waals surface area contributed by atoms with E-state index in [9.17, 15) is 22.4 Å². The Balaban J connectivity index is 1.66. The van der Waals surface area contributed by atoms with Gasteiger partial charge in [0.1, 0.15) is 5.82 Å². The van der Waals surface area contributed by atoms with Gasteiger partial charge >= 0.3 is 0 Å². The molecule has 2 aliphatic rings. The van der Waals surface area contributed by atoms with Gasteiger partial charge in [-0.3, -0.25) is 14.3 Å². The highest BCUT2D eigenvalue weighted by Gasteiger charge is 2.38. The van der Waals surface area contributed by atoms with Crippen molar-refractivity contribution < 1.29 is 17.6 Å². The van der Waals surface area contributed by atoms with E-state index in [1.165, 1.54) is 36.4 Å². The second-order valence-corrected chi connectivity index (χ2v) is 9.86. The predicted molar refractivity (Wildman–Crippen MR) is 112 cm³/mol. The zero-order valence-electron chi connectivity index (χ0n) is 16.7. The van der Waals surface area contributed by atoms with E-state index in [0.717, 1.165) is 6.42 Å². The van der Waals surface area contributed by atoms with E-state index < -0.39 is 15.8 Å². The quantitative estimate of drug-likeness (QED) is 0.784. The minimum atomic E-state index is -3.52. The average Bonchev–Trinajstić information content (AvgIpc) is 2.69. The number of benzene rings is 1. The van der Waals surface area contributed by atoms with Crippen LogP contribution in [-0.4, -0.2) is 42.6 Å². The maximum absolute atomic E-state index is 13.2. The fraction of sp³-hybridized carbons (Fsp3) is 0.429. The SMILES string of the molecule is CCCS(=O)(=O)Nc1ccc(=O)n2c1C1CC(CN(C(=O)c3ccc(F)cc3)C1)C2. The number of nitrogens with one attached hydrogen (secondary N) is 1. The van der Waals surface area contributed by atoms with Crippen molar-refractivity contribution in [3.63, 3.8) is 0 Å². The number of anilines is 1. The number of pyridine rings is 1. The van der Waals surface area contributed by atoms with E-state index in [-0.39, 0.29) is 29.1 Å². The van der Waals surface area contributed by atoms with Crippen LogP contribution in [0.4, 0.5) is 10.1 Å². The Hall–Kier alpha value is -2.68. The summed E-state index contributed by atoms with van der Waals surface area (Å²) in [7, 11) is -3.52. The standard InChI is InChI=1S/C21H24FN3O4S/c1-2-9-30(28,29)23-18-7-8-19(26)25-12-14-10-16(20(18)25)13-24(11-14)21(27)15-3-5-17(22)6-4-15/h3-8,14,16,23H,2,9-13H2,1H3. The first-order valence-corrected chi connectivity index (χ1v) is 11.7. The van der Waals surface area contributed by atoms with E-state index in [1.807, 2.05) is 0 Å². The molecule has 30 heavy (non-hydrogen) atoms. The summed E-state index contributed by atoms with van der Waals surface area (Å²) >= 11 is 0. The fourth-order valence-electron chi connectivity index (χ4n) is 4.53. The number of sulfonamides is 1. The molecule has 1 aromatic carbocycles. The van der Waals surface area contributed by atoms with Crippen LogP contribution < -0.4 is 10.3 Å². The van der Waals surface area contributed by atoms with Gasteiger partial charge in [0.25, 0.3) is 11.5 Å². The molecule has 1 N–H and O–H groups in total. The van der Waals surface area contributed by atoms with Crippen LogP contribution in [0.15, 0.2) is 41.2 Å². The number of piperidine rings is 1. The molecule has 7 nitrogen and oxygen atoms in total. The number of hydrogen-bond acceptors (Lipinski definition) is 4. The lowest BCUT2D eigenvalue weighted by Crippen LogP contribution is -2.49. The first kappa shape index (κ1) is 20.6. The Morgan fingerprint density at radius 1 is 1.13 bits per heavy atom. The van der Waals surface area contributed by atoms with E-state index >= 15 is 0 Å². The van der Waals surface area contributed by atoms with E-state index in [0.29, 0.717) is 43.0 Å². The molecule has 0 spiro atoms. The minimum Gasteiger partial charge on any atom is -0.338 e. The molecule has 0 aliphatic carbocycles. The lowest BCUT2D eigenvalue weighted by Gasteiger charge is -2.43. The highest BCUT2D eigenvalue weighted by atomic mass is 32.2. The number of rotatable bonds is 5. The minimum absolute atomic E-state index is 0.00592. The molecule has 1 fully saturated rings. The lowest BCUT2D eigenvalue weighted by atomic mass is 9.82. The van der Waals surface area contributed by atoms with Gasteiger partial charge in [0.15, 0.2) is 0 Å². The van der Waals surface area contributed by atoms with Crippen molar-refractivity contribution in [2.24, 2.45) is 5.92 Å². The molecule has 2 aliphatic heterocycles. The first-order chi connectivity index (χ1) is 14.3. The van der Waals surface area contributed by atoms with Gasteiger partial charge in [-0.2, -0.15) is 0 Å². The smallest absolute Gasteiger partial charge is 0.253 e. The molecule has 1 saturated heterocycles. The van der Waals surface area contributed by atoms with Crippen molar-refractivity contribution in [1.29, 1.82) is 0 Å². The maximum atomic E-state index is 13.2.